The lowest BCUT2D eigenvalue weighted by Crippen LogP contribution is -1.97. The maximum absolute atomic E-state index is 6.38. The zero-order chi connectivity index (χ0) is 36.7. The minimum atomic E-state index is 0.480. The van der Waals surface area contributed by atoms with Gasteiger partial charge in [0.1, 0.15) is 0 Å². The molecule has 0 unspecified atom stereocenters. The summed E-state index contributed by atoms with van der Waals surface area (Å²) >= 11 is 0. The van der Waals surface area contributed by atoms with Gasteiger partial charge in [-0.25, -0.2) is 0 Å². The van der Waals surface area contributed by atoms with Crippen molar-refractivity contribution in [2.24, 2.45) is 0 Å². The van der Waals surface area contributed by atoms with E-state index >= 15 is 0 Å². The summed E-state index contributed by atoms with van der Waals surface area (Å²) in [5.74, 6) is 0.974. The Kier molecular flexibility index (Phi) is 6.53. The van der Waals surface area contributed by atoms with E-state index in [1.165, 1.54) is 27.1 Å². The molecule has 0 N–H and O–H groups in total. The zero-order valence-electron chi connectivity index (χ0n) is 30.0. The van der Waals surface area contributed by atoms with Gasteiger partial charge in [-0.05, 0) is 78.9 Å². The molecule has 0 aliphatic heterocycles. The molecule has 0 aliphatic rings. The Morgan fingerprint density at radius 3 is 1.18 bits per heavy atom. The van der Waals surface area contributed by atoms with Gasteiger partial charge < -0.3 is 18.1 Å². The van der Waals surface area contributed by atoms with Crippen LogP contribution >= 0.6 is 0 Å². The van der Waals surface area contributed by atoms with Crippen LogP contribution in [0.3, 0.4) is 0 Å². The molecule has 0 spiro atoms. The van der Waals surface area contributed by atoms with E-state index in [1.54, 1.807) is 0 Å². The van der Waals surface area contributed by atoms with Crippen LogP contribution in [0.5, 0.6) is 0 Å². The van der Waals surface area contributed by atoms with Crippen LogP contribution in [0, 0.1) is 0 Å². The predicted molar refractivity (Wildman–Crippen MR) is 228 cm³/mol. The Labute approximate surface area is 320 Å². The number of nitrogens with zero attached hydrogens (tertiary/aromatic N) is 5. The summed E-state index contributed by atoms with van der Waals surface area (Å²) in [6.45, 7) is 0. The number of fused-ring (bicyclic) bond motifs is 12. The van der Waals surface area contributed by atoms with Crippen LogP contribution in [-0.4, -0.2) is 23.9 Å². The van der Waals surface area contributed by atoms with Crippen molar-refractivity contribution in [3.05, 3.63) is 188 Å². The number of hydrogen-bond acceptors (Lipinski definition) is 3. The van der Waals surface area contributed by atoms with Gasteiger partial charge in [-0.3, -0.25) is 0 Å². The molecule has 0 aliphatic carbocycles. The van der Waals surface area contributed by atoms with E-state index in [0.29, 0.717) is 11.8 Å². The molecule has 4 aromatic heterocycles. The topological polar surface area (TPSA) is 53.7 Å². The average molecular weight is 718 g/mol. The number of benzene rings is 8. The Morgan fingerprint density at radius 1 is 0.321 bits per heavy atom. The van der Waals surface area contributed by atoms with Gasteiger partial charge in [-0.15, -0.1) is 10.2 Å². The van der Waals surface area contributed by atoms with Crippen molar-refractivity contribution in [1.82, 2.24) is 23.9 Å². The molecule has 12 rings (SSSR count). The molecule has 0 radical (unpaired) electrons. The van der Waals surface area contributed by atoms with Crippen LogP contribution in [0.4, 0.5) is 0 Å². The summed E-state index contributed by atoms with van der Waals surface area (Å²) in [5.41, 5.74) is 11.9. The molecule has 0 saturated carbocycles. The summed E-state index contributed by atoms with van der Waals surface area (Å²) in [6, 6.07) is 66.4. The Balaban J connectivity index is 1.35. The molecule has 6 nitrogen and oxygen atoms in total. The minimum absolute atomic E-state index is 0.480. The second kappa shape index (κ2) is 11.9. The normalized spacial score (nSPS) is 11.9. The van der Waals surface area contributed by atoms with Gasteiger partial charge in [0, 0.05) is 60.5 Å². The lowest BCUT2D eigenvalue weighted by molar-refractivity contribution is 0.584. The third-order valence-electron chi connectivity index (χ3n) is 11.2. The predicted octanol–water partition coefficient (Wildman–Crippen LogP) is 12.7. The fourth-order valence-electron chi connectivity index (χ4n) is 8.91. The first-order valence-electron chi connectivity index (χ1n) is 18.9. The van der Waals surface area contributed by atoms with E-state index in [4.69, 9.17) is 4.42 Å². The van der Waals surface area contributed by atoms with E-state index in [9.17, 15) is 0 Å². The van der Waals surface area contributed by atoms with E-state index in [1.807, 2.05) is 30.3 Å². The fraction of sp³-hybridized carbons (Fsp3) is 0. The SMILES string of the molecule is c1ccc(-c2nnc(-c3ccc4c(c3)c3c5c(c6ccccc6n5-c5ccccc5)c5c(c6ccccc6n5-c5ccccc5)c3n4-c3ccccc3)o2)cc1. The van der Waals surface area contributed by atoms with Gasteiger partial charge in [0.05, 0.1) is 33.1 Å². The Hall–Kier alpha value is -7.70. The number of para-hydroxylation sites is 5. The second-order valence-electron chi connectivity index (χ2n) is 14.2. The van der Waals surface area contributed by atoms with Gasteiger partial charge in [-0.2, -0.15) is 0 Å². The van der Waals surface area contributed by atoms with Gasteiger partial charge >= 0.3 is 0 Å². The van der Waals surface area contributed by atoms with E-state index in [0.717, 1.165) is 66.5 Å². The van der Waals surface area contributed by atoms with Crippen molar-refractivity contribution in [3.63, 3.8) is 0 Å². The molecule has 8 aromatic carbocycles. The highest BCUT2D eigenvalue weighted by Crippen LogP contribution is 2.50. The quantitative estimate of drug-likeness (QED) is 0.178. The van der Waals surface area contributed by atoms with Gasteiger partial charge in [0.25, 0.3) is 0 Å². The zero-order valence-corrected chi connectivity index (χ0v) is 30.0. The Bertz CT molecular complexity index is 3410. The Morgan fingerprint density at radius 2 is 0.696 bits per heavy atom. The van der Waals surface area contributed by atoms with Crippen molar-refractivity contribution >= 4 is 65.4 Å². The summed E-state index contributed by atoms with van der Waals surface area (Å²) in [4.78, 5) is 0. The number of hydrogen-bond donors (Lipinski definition) is 0. The lowest BCUT2D eigenvalue weighted by atomic mass is 10.0. The van der Waals surface area contributed by atoms with Crippen LogP contribution in [0.15, 0.2) is 192 Å². The summed E-state index contributed by atoms with van der Waals surface area (Å²) < 4.78 is 13.8. The minimum Gasteiger partial charge on any atom is -0.416 e. The van der Waals surface area contributed by atoms with E-state index < -0.39 is 0 Å². The van der Waals surface area contributed by atoms with Crippen LogP contribution < -0.4 is 0 Å². The molecule has 0 atom stereocenters. The molecule has 0 saturated heterocycles. The molecule has 262 valence electrons. The van der Waals surface area contributed by atoms with E-state index in [-0.39, 0.29) is 0 Å². The van der Waals surface area contributed by atoms with Crippen LogP contribution in [-0.2, 0) is 0 Å². The molecular weight excluding hydrogens is 687 g/mol. The average Bonchev–Trinajstić information content (AvgIpc) is 4.05. The molecule has 0 bridgehead atoms. The highest BCUT2D eigenvalue weighted by Gasteiger charge is 2.29. The van der Waals surface area contributed by atoms with Crippen molar-refractivity contribution in [2.75, 3.05) is 0 Å². The van der Waals surface area contributed by atoms with Crippen molar-refractivity contribution < 1.29 is 4.42 Å². The van der Waals surface area contributed by atoms with Gasteiger partial charge in [0.15, 0.2) is 0 Å². The van der Waals surface area contributed by atoms with Crippen LogP contribution in [0.2, 0.25) is 0 Å². The molecular formula is C50H31N5O. The van der Waals surface area contributed by atoms with Crippen LogP contribution in [0.25, 0.3) is 105 Å². The summed E-state index contributed by atoms with van der Waals surface area (Å²) in [5, 5.41) is 16.1. The molecule has 12 aromatic rings. The molecule has 4 heterocycles. The fourth-order valence-corrected chi connectivity index (χ4v) is 8.91. The standard InChI is InChI=1S/C50H31N5O/c1-5-17-32(18-6-1)49-51-52-50(56-49)33-29-30-42-39(31-33)45-47-43(38-26-14-16-28-41(38)54(47)35-21-9-3-10-22-35)46-44(48(45)55(42)36-23-11-4-12-24-36)37-25-13-15-27-40(37)53(46)34-19-7-2-8-20-34/h1-31H. The van der Waals surface area contributed by atoms with Gasteiger partial charge in [0.2, 0.25) is 11.8 Å². The van der Waals surface area contributed by atoms with Crippen molar-refractivity contribution in [2.45, 2.75) is 0 Å². The maximum atomic E-state index is 6.38. The number of rotatable bonds is 5. The smallest absolute Gasteiger partial charge is 0.248 e. The molecule has 6 heteroatoms. The highest BCUT2D eigenvalue weighted by molar-refractivity contribution is 6.40. The van der Waals surface area contributed by atoms with Crippen molar-refractivity contribution in [3.8, 4) is 40.0 Å². The van der Waals surface area contributed by atoms with Crippen molar-refractivity contribution in [1.29, 1.82) is 0 Å². The first-order valence-corrected chi connectivity index (χ1v) is 18.9. The second-order valence-corrected chi connectivity index (χ2v) is 14.2. The highest BCUT2D eigenvalue weighted by atomic mass is 16.4. The molecule has 0 amide bonds. The number of aromatic nitrogens is 5. The van der Waals surface area contributed by atoms with Gasteiger partial charge in [-0.1, -0.05) is 109 Å². The van der Waals surface area contributed by atoms with Crippen LogP contribution in [0.1, 0.15) is 0 Å². The first-order chi connectivity index (χ1) is 27.8. The monoisotopic (exact) mass is 717 g/mol. The molecule has 0 fully saturated rings. The molecule has 56 heavy (non-hydrogen) atoms. The third kappa shape index (κ3) is 4.32. The maximum Gasteiger partial charge on any atom is 0.248 e. The third-order valence-corrected chi connectivity index (χ3v) is 11.2. The summed E-state index contributed by atoms with van der Waals surface area (Å²) in [6.07, 6.45) is 0. The largest absolute Gasteiger partial charge is 0.416 e. The van der Waals surface area contributed by atoms with E-state index in [2.05, 4.69) is 182 Å². The summed E-state index contributed by atoms with van der Waals surface area (Å²) in [7, 11) is 0. The first kappa shape index (κ1) is 30.7. The lowest BCUT2D eigenvalue weighted by Gasteiger charge is -2.13.